The molecule has 0 bridgehead atoms. The van der Waals surface area contributed by atoms with E-state index < -0.39 is 12.2 Å². The van der Waals surface area contributed by atoms with Gasteiger partial charge in [-0.05, 0) is 103 Å². The number of aliphatic hydroxyl groups is 4. The largest absolute Gasteiger partial charge is 0.464 e. The molecule has 91 heavy (non-hydrogen) atoms. The third-order valence-electron chi connectivity index (χ3n) is 19.0. The first-order valence-corrected chi connectivity index (χ1v) is 42.5. The summed E-state index contributed by atoms with van der Waals surface area (Å²) < 4.78 is 5.77. The van der Waals surface area contributed by atoms with Crippen molar-refractivity contribution in [1.29, 1.82) is 0 Å². The molecule has 10 nitrogen and oxygen atoms in total. The van der Waals surface area contributed by atoms with Gasteiger partial charge in [0.1, 0.15) is 6.61 Å². The van der Waals surface area contributed by atoms with Crippen molar-refractivity contribution in [3.05, 3.63) is 24.3 Å². The zero-order valence-corrected chi connectivity index (χ0v) is 62.6. The number of hydrogen-bond donors (Lipinski definition) is 4. The molecule has 4 N–H and O–H groups in total. The maximum Gasteiger partial charge on any atom is 0.305 e. The number of unbranched alkanes of at least 4 members (excludes halogenated alkanes) is 38. The molecule has 0 aromatic carbocycles. The van der Waals surface area contributed by atoms with Crippen molar-refractivity contribution >= 4 is 27.6 Å². The molecule has 2 unspecified atom stereocenters. The van der Waals surface area contributed by atoms with Gasteiger partial charge in [-0.2, -0.15) is 0 Å². The van der Waals surface area contributed by atoms with Crippen LogP contribution in [0, 0.1) is 0 Å². The third kappa shape index (κ3) is 63.8. The Morgan fingerprint density at radius 2 is 0.637 bits per heavy atom. The number of hydrogen-bond acceptors (Lipinski definition) is 12. The summed E-state index contributed by atoms with van der Waals surface area (Å²) in [7, 11) is 3.95. The fourth-order valence-electron chi connectivity index (χ4n) is 13.0. The van der Waals surface area contributed by atoms with Crippen LogP contribution < -0.4 is 0 Å². The van der Waals surface area contributed by atoms with Gasteiger partial charge in [0.25, 0.3) is 0 Å². The summed E-state index contributed by atoms with van der Waals surface area (Å²) in [6, 6.07) is 0. The summed E-state index contributed by atoms with van der Waals surface area (Å²) in [5.74, 6) is 2.03. The van der Waals surface area contributed by atoms with Crippen molar-refractivity contribution in [2.24, 2.45) is 0 Å². The molecule has 1 heterocycles. The summed E-state index contributed by atoms with van der Waals surface area (Å²) >= 11 is 0. The molecule has 0 radical (unpaired) electrons. The van der Waals surface area contributed by atoms with Crippen molar-refractivity contribution in [1.82, 2.24) is 19.6 Å². The van der Waals surface area contributed by atoms with E-state index in [9.17, 15) is 25.2 Å². The van der Waals surface area contributed by atoms with E-state index in [2.05, 4.69) is 71.6 Å². The van der Waals surface area contributed by atoms with Crippen LogP contribution in [-0.2, 0) is 9.53 Å². The van der Waals surface area contributed by atoms with E-state index in [-0.39, 0.29) is 18.2 Å². The lowest BCUT2D eigenvalue weighted by Crippen LogP contribution is -2.47. The summed E-state index contributed by atoms with van der Waals surface area (Å²) in [5.41, 5.74) is 0. The van der Waals surface area contributed by atoms with Gasteiger partial charge in [-0.3, -0.25) is 24.4 Å². The molecule has 1 aliphatic rings. The van der Waals surface area contributed by atoms with Gasteiger partial charge in [0.2, 0.25) is 0 Å². The first kappa shape index (κ1) is 88.3. The van der Waals surface area contributed by atoms with E-state index in [1.165, 1.54) is 257 Å². The van der Waals surface area contributed by atoms with Crippen LogP contribution in [0.15, 0.2) is 24.3 Å². The van der Waals surface area contributed by atoms with Crippen molar-refractivity contribution in [3.8, 4) is 0 Å². The van der Waals surface area contributed by atoms with E-state index in [1.54, 1.807) is 0 Å². The maximum atomic E-state index is 13.0. The number of allylic oxidation sites excluding steroid dienone is 4. The summed E-state index contributed by atoms with van der Waals surface area (Å²) in [6.07, 6.45) is 69.8. The Morgan fingerprint density at radius 1 is 0.363 bits per heavy atom. The van der Waals surface area contributed by atoms with Crippen LogP contribution in [-0.4, -0.2) is 167 Å². The van der Waals surface area contributed by atoms with Gasteiger partial charge in [-0.15, -0.1) is 0 Å². The fraction of sp³-hybridized carbons (Fsp3) is 0.937. The molecule has 1 aliphatic heterocycles. The number of nitrogens with zero attached hydrogens (tertiary/aromatic N) is 4. The highest BCUT2D eigenvalue weighted by Gasteiger charge is 2.20. The summed E-state index contributed by atoms with van der Waals surface area (Å²) in [5, 5.41) is 44.6. The number of carbonyl (C=O) groups excluding carboxylic acids is 1. The van der Waals surface area contributed by atoms with Gasteiger partial charge in [0, 0.05) is 83.4 Å². The van der Waals surface area contributed by atoms with E-state index >= 15 is 0 Å². The van der Waals surface area contributed by atoms with Crippen molar-refractivity contribution in [3.63, 3.8) is 0 Å². The highest BCUT2D eigenvalue weighted by Crippen LogP contribution is 2.23. The zero-order valence-electron chi connectivity index (χ0n) is 61.0. The average molecular weight is 1320 g/mol. The number of aliphatic hydroxyl groups excluding tert-OH is 4. The fourth-order valence-corrected chi connectivity index (χ4v) is 15.1. The predicted molar refractivity (Wildman–Crippen MR) is 402 cm³/mol. The average Bonchev–Trinajstić information content (AvgIpc) is 3.71. The monoisotopic (exact) mass is 1320 g/mol. The van der Waals surface area contributed by atoms with Crippen LogP contribution in [0.25, 0.3) is 0 Å². The highest BCUT2D eigenvalue weighted by atomic mass is 33.1. The van der Waals surface area contributed by atoms with Crippen LogP contribution in [0.3, 0.4) is 0 Å². The predicted octanol–water partition coefficient (Wildman–Crippen LogP) is 20.7. The molecule has 540 valence electrons. The van der Waals surface area contributed by atoms with Gasteiger partial charge >= 0.3 is 5.97 Å². The van der Waals surface area contributed by atoms with Crippen molar-refractivity contribution in [2.45, 2.75) is 380 Å². The first-order valence-electron chi connectivity index (χ1n) is 40.0. The van der Waals surface area contributed by atoms with Crippen LogP contribution in [0.5, 0.6) is 0 Å². The highest BCUT2D eigenvalue weighted by molar-refractivity contribution is 8.76. The molecule has 1 rings (SSSR count). The molecular formula is C79H156N4O6S2. The summed E-state index contributed by atoms with van der Waals surface area (Å²) in [6.45, 7) is 19.5. The SMILES string of the molecule is CCCCCCCC/C=C\CCCCCC[C@H](O)CN(CCCSSCCN1CCN(CCOC(=O)CCCN(CC(O)CCCCCCCCCCCC)CC(O)CCCCCCCCCCCC)CC1)C[C@@H](O)CCCCCC/C=C\CCCCCCCC. The smallest absolute Gasteiger partial charge is 0.305 e. The standard InChI is InChI=1S/C79H156N4O6S2/c1-5-9-13-17-21-25-29-31-33-35-39-43-47-51-57-77(86)73-83(74-78(87)58-52-48-44-40-36-34-32-30-26-22-18-14-10-6-2)61-54-69-90-91-70-67-81-64-62-80(63-65-81)66-68-89-79(88)59-53-60-82(71-75(84)55-49-45-41-37-27-23-19-15-11-7-3)72-76(85)56-50-46-42-38-28-24-20-16-12-8-4/h31-34,75-78,84-87H,5-30,35-74H2,1-4H3/b33-31-,34-32-/t75?,76?,77-,78-/m0/s1. The first-order chi connectivity index (χ1) is 44.7. The normalized spacial score (nSPS) is 14.9. The van der Waals surface area contributed by atoms with E-state index in [1.807, 2.05) is 21.6 Å². The zero-order chi connectivity index (χ0) is 65.8. The second kappa shape index (κ2) is 70.6. The van der Waals surface area contributed by atoms with Gasteiger partial charge < -0.3 is 25.2 Å². The molecular weight excluding hydrogens is 1170 g/mol. The van der Waals surface area contributed by atoms with Crippen LogP contribution in [0.4, 0.5) is 0 Å². The van der Waals surface area contributed by atoms with E-state index in [0.717, 1.165) is 115 Å². The molecule has 1 saturated heterocycles. The second-order valence-corrected chi connectivity index (χ2v) is 30.8. The minimum Gasteiger partial charge on any atom is -0.464 e. The number of rotatable bonds is 73. The molecule has 0 aromatic heterocycles. The summed E-state index contributed by atoms with van der Waals surface area (Å²) in [4.78, 5) is 22.5. The number of ether oxygens (including phenoxy) is 1. The van der Waals surface area contributed by atoms with E-state index in [4.69, 9.17) is 4.74 Å². The van der Waals surface area contributed by atoms with Crippen LogP contribution in [0.2, 0.25) is 0 Å². The number of piperazine rings is 1. The lowest BCUT2D eigenvalue weighted by molar-refractivity contribution is -0.144. The molecule has 12 heteroatoms. The van der Waals surface area contributed by atoms with Crippen LogP contribution in [0.1, 0.15) is 355 Å². The van der Waals surface area contributed by atoms with Crippen molar-refractivity contribution in [2.75, 3.05) is 96.6 Å². The molecule has 0 aromatic rings. The Morgan fingerprint density at radius 3 is 0.967 bits per heavy atom. The molecule has 0 saturated carbocycles. The number of carbonyl (C=O) groups is 1. The van der Waals surface area contributed by atoms with Crippen molar-refractivity contribution < 1.29 is 30.0 Å². The Labute approximate surface area is 574 Å². The third-order valence-corrected chi connectivity index (χ3v) is 21.5. The molecule has 1 fully saturated rings. The minimum absolute atomic E-state index is 0.143. The lowest BCUT2D eigenvalue weighted by Gasteiger charge is -2.34. The topological polar surface area (TPSA) is 120 Å². The second-order valence-electron chi connectivity index (χ2n) is 28.1. The Balaban J connectivity index is 2.43. The lowest BCUT2D eigenvalue weighted by atomic mass is 10.0. The molecule has 0 spiro atoms. The van der Waals surface area contributed by atoms with Gasteiger partial charge in [-0.1, -0.05) is 305 Å². The number of esters is 1. The van der Waals surface area contributed by atoms with Gasteiger partial charge in [-0.25, -0.2) is 0 Å². The van der Waals surface area contributed by atoms with Gasteiger partial charge in [0.15, 0.2) is 0 Å². The Hall–Kier alpha value is -0.670. The van der Waals surface area contributed by atoms with Gasteiger partial charge in [0.05, 0.1) is 24.4 Å². The maximum absolute atomic E-state index is 13.0. The Kier molecular flexibility index (Phi) is 68.6. The molecule has 0 aliphatic carbocycles. The van der Waals surface area contributed by atoms with E-state index in [0.29, 0.717) is 52.2 Å². The quantitative estimate of drug-likeness (QED) is 0.0201. The minimum atomic E-state index is -0.408. The Bertz CT molecular complexity index is 1450. The molecule has 0 amide bonds. The molecule has 4 atom stereocenters. The van der Waals surface area contributed by atoms with Crippen LogP contribution >= 0.6 is 21.6 Å².